The van der Waals surface area contributed by atoms with Crippen LogP contribution in [-0.4, -0.2) is 28.8 Å². The fourth-order valence-corrected chi connectivity index (χ4v) is 1.43. The third-order valence-corrected chi connectivity index (χ3v) is 2.21. The van der Waals surface area contributed by atoms with Crippen molar-refractivity contribution in [2.45, 2.75) is 0 Å². The van der Waals surface area contributed by atoms with Crippen LogP contribution in [-0.2, 0) is 0 Å². The quantitative estimate of drug-likeness (QED) is 0.630. The number of hydrogen-bond donors (Lipinski definition) is 0. The van der Waals surface area contributed by atoms with Crippen LogP contribution in [0.2, 0.25) is 0 Å². The fourth-order valence-electron chi connectivity index (χ4n) is 1.43. The average Bonchev–Trinajstić information content (AvgIpc) is 2.31. The summed E-state index contributed by atoms with van der Waals surface area (Å²) in [5.41, 5.74) is 0.667. The van der Waals surface area contributed by atoms with E-state index < -0.39 is 0 Å². The zero-order valence-corrected chi connectivity index (χ0v) is 11.1. The summed E-state index contributed by atoms with van der Waals surface area (Å²) in [6.07, 6.45) is 11.1. The van der Waals surface area contributed by atoms with Crippen molar-refractivity contribution < 1.29 is 4.79 Å². The van der Waals surface area contributed by atoms with Crippen molar-refractivity contribution in [1.82, 2.24) is 9.88 Å². The Morgan fingerprint density at radius 1 is 1.44 bits per heavy atom. The van der Waals surface area contributed by atoms with Gasteiger partial charge in [-0.25, -0.2) is 0 Å². The lowest BCUT2D eigenvalue weighted by Gasteiger charge is -2.19. The van der Waals surface area contributed by atoms with Gasteiger partial charge in [-0.1, -0.05) is 12.2 Å². The molecule has 1 aromatic rings. The number of carbonyl (C=O) groups is 1. The molecule has 0 fully saturated rings. The second-order valence-electron chi connectivity index (χ2n) is 3.36. The van der Waals surface area contributed by atoms with Crippen LogP contribution in [0.25, 0.3) is 0 Å². The number of carbonyl (C=O) groups excluding carboxylic acids is 1. The largest absolute Gasteiger partial charge is 0.366 e. The van der Waals surface area contributed by atoms with Crippen LogP contribution in [0, 0.1) is 0 Å². The molecule has 0 atom stereocenters. The summed E-state index contributed by atoms with van der Waals surface area (Å²) in [5, 5.41) is 0. The maximum atomic E-state index is 11.8. The minimum Gasteiger partial charge on any atom is -0.366 e. The third kappa shape index (κ3) is 3.44. The molecule has 1 aromatic heterocycles. The van der Waals surface area contributed by atoms with Crippen molar-refractivity contribution in [2.75, 3.05) is 13.1 Å². The summed E-state index contributed by atoms with van der Waals surface area (Å²) < 4.78 is 0. The first-order valence-electron chi connectivity index (χ1n) is 4.87. The van der Waals surface area contributed by atoms with Gasteiger partial charge in [-0.2, -0.15) is 0 Å². The van der Waals surface area contributed by atoms with Crippen molar-refractivity contribution in [3.63, 3.8) is 0 Å². The van der Waals surface area contributed by atoms with Crippen LogP contribution in [0.1, 0.15) is 10.4 Å². The first-order chi connectivity index (χ1) is 7.36. The van der Waals surface area contributed by atoms with E-state index in [1.54, 1.807) is 24.5 Å². The number of Topliss-reactive ketones (excluding diaryl/α,β-unsaturated/α-hetero) is 1. The Kier molecular flexibility index (Phi) is 5.18. The minimum atomic E-state index is 0. The smallest absolute Gasteiger partial charge is 0.183 e. The molecule has 0 saturated carbocycles. The summed E-state index contributed by atoms with van der Waals surface area (Å²) in [6.45, 7) is 1.20. The molecule has 0 bridgehead atoms. The third-order valence-electron chi connectivity index (χ3n) is 2.21. The van der Waals surface area contributed by atoms with E-state index in [9.17, 15) is 4.79 Å². The molecular weight excluding hydrogens is 315 g/mol. The average molecular weight is 328 g/mol. The van der Waals surface area contributed by atoms with E-state index in [0.29, 0.717) is 12.1 Å². The van der Waals surface area contributed by atoms with Gasteiger partial charge in [0.05, 0.1) is 6.54 Å². The SMILES string of the molecule is I.O=C(CN1C=CC=CC1)c1cccnc1. The van der Waals surface area contributed by atoms with E-state index in [1.165, 1.54) is 0 Å². The topological polar surface area (TPSA) is 33.2 Å². The fraction of sp³-hybridized carbons (Fsp3) is 0.167. The van der Waals surface area contributed by atoms with Gasteiger partial charge in [-0.15, -0.1) is 24.0 Å². The van der Waals surface area contributed by atoms with Crippen molar-refractivity contribution >= 4 is 29.8 Å². The van der Waals surface area contributed by atoms with Gasteiger partial charge in [0.1, 0.15) is 0 Å². The zero-order valence-electron chi connectivity index (χ0n) is 8.74. The monoisotopic (exact) mass is 328 g/mol. The molecule has 0 N–H and O–H groups in total. The molecule has 4 heteroatoms. The number of pyridine rings is 1. The van der Waals surface area contributed by atoms with Gasteiger partial charge in [-0.3, -0.25) is 9.78 Å². The van der Waals surface area contributed by atoms with E-state index in [2.05, 4.69) is 4.98 Å². The van der Waals surface area contributed by atoms with Crippen molar-refractivity contribution in [3.05, 3.63) is 54.5 Å². The van der Waals surface area contributed by atoms with E-state index in [0.717, 1.165) is 6.54 Å². The lowest BCUT2D eigenvalue weighted by Crippen LogP contribution is -2.26. The maximum Gasteiger partial charge on any atom is 0.183 e. The Bertz CT molecular complexity index is 401. The Balaban J connectivity index is 0.00000128. The molecule has 0 aromatic carbocycles. The molecule has 0 spiro atoms. The first kappa shape index (κ1) is 12.9. The first-order valence-corrected chi connectivity index (χ1v) is 4.87. The van der Waals surface area contributed by atoms with Crippen molar-refractivity contribution in [2.24, 2.45) is 0 Å². The number of ketones is 1. The summed E-state index contributed by atoms with van der Waals surface area (Å²) in [7, 11) is 0. The molecule has 0 amide bonds. The second-order valence-corrected chi connectivity index (χ2v) is 3.36. The van der Waals surface area contributed by atoms with Gasteiger partial charge >= 0.3 is 0 Å². The van der Waals surface area contributed by atoms with E-state index >= 15 is 0 Å². The molecule has 0 unspecified atom stereocenters. The highest BCUT2D eigenvalue weighted by molar-refractivity contribution is 14.0. The molecule has 2 heterocycles. The van der Waals surface area contributed by atoms with Gasteiger partial charge in [0.25, 0.3) is 0 Å². The minimum absolute atomic E-state index is 0. The van der Waals surface area contributed by atoms with E-state index in [4.69, 9.17) is 0 Å². The predicted molar refractivity (Wildman–Crippen MR) is 73.8 cm³/mol. The number of halogens is 1. The molecule has 0 aliphatic carbocycles. The van der Waals surface area contributed by atoms with Gasteiger partial charge in [0, 0.05) is 24.5 Å². The Hall–Kier alpha value is -1.17. The molecule has 3 nitrogen and oxygen atoms in total. The van der Waals surface area contributed by atoms with Crippen molar-refractivity contribution in [1.29, 1.82) is 0 Å². The van der Waals surface area contributed by atoms with Crippen LogP contribution in [0.5, 0.6) is 0 Å². The Morgan fingerprint density at radius 2 is 2.31 bits per heavy atom. The summed E-state index contributed by atoms with van der Waals surface area (Å²) in [5.74, 6) is 0.100. The summed E-state index contributed by atoms with van der Waals surface area (Å²) in [6, 6.07) is 3.57. The Morgan fingerprint density at radius 3 is 2.94 bits per heavy atom. The second kappa shape index (κ2) is 6.42. The molecule has 84 valence electrons. The van der Waals surface area contributed by atoms with E-state index in [1.807, 2.05) is 29.3 Å². The molecule has 0 radical (unpaired) electrons. The van der Waals surface area contributed by atoms with Crippen LogP contribution < -0.4 is 0 Å². The number of hydrogen-bond acceptors (Lipinski definition) is 3. The number of nitrogens with zero attached hydrogens (tertiary/aromatic N) is 2. The normalized spacial score (nSPS) is 13.4. The highest BCUT2D eigenvalue weighted by Crippen LogP contribution is 2.03. The zero-order chi connectivity index (χ0) is 10.5. The van der Waals surface area contributed by atoms with Crippen molar-refractivity contribution in [3.8, 4) is 0 Å². The molecular formula is C12H13IN2O. The Labute approximate surface area is 112 Å². The standard InChI is InChI=1S/C12H12N2O.HI/c15-12(11-5-4-6-13-9-11)10-14-7-2-1-3-8-14;/h1-7,9H,8,10H2;1H. The molecule has 1 aliphatic rings. The van der Waals surface area contributed by atoms with Gasteiger partial charge < -0.3 is 4.90 Å². The van der Waals surface area contributed by atoms with Crippen LogP contribution in [0.4, 0.5) is 0 Å². The lowest BCUT2D eigenvalue weighted by molar-refractivity contribution is 0.0959. The van der Waals surface area contributed by atoms with Crippen LogP contribution >= 0.6 is 24.0 Å². The summed E-state index contributed by atoms with van der Waals surface area (Å²) >= 11 is 0. The van der Waals surface area contributed by atoms with Crippen LogP contribution in [0.3, 0.4) is 0 Å². The molecule has 16 heavy (non-hydrogen) atoms. The maximum absolute atomic E-state index is 11.8. The molecule has 1 aliphatic heterocycles. The van der Waals surface area contributed by atoms with E-state index in [-0.39, 0.29) is 29.8 Å². The highest BCUT2D eigenvalue weighted by atomic mass is 127. The molecule has 2 rings (SSSR count). The van der Waals surface area contributed by atoms with Gasteiger partial charge in [0.15, 0.2) is 5.78 Å². The molecule has 0 saturated heterocycles. The number of aromatic nitrogens is 1. The number of rotatable bonds is 3. The number of allylic oxidation sites excluding steroid dienone is 2. The summed E-state index contributed by atoms with van der Waals surface area (Å²) in [4.78, 5) is 17.7. The van der Waals surface area contributed by atoms with Crippen LogP contribution in [0.15, 0.2) is 49.0 Å². The van der Waals surface area contributed by atoms with Gasteiger partial charge in [-0.05, 0) is 24.4 Å². The highest BCUT2D eigenvalue weighted by Gasteiger charge is 2.09. The van der Waals surface area contributed by atoms with Gasteiger partial charge in [0.2, 0.25) is 0 Å². The lowest BCUT2D eigenvalue weighted by atomic mass is 10.2. The predicted octanol–water partition coefficient (Wildman–Crippen LogP) is 2.27.